The molecule has 0 bridgehead atoms. The molecular formula is C14H19ClN4O2. The van der Waals surface area contributed by atoms with Crippen LogP contribution in [-0.2, 0) is 9.59 Å². The van der Waals surface area contributed by atoms with Crippen molar-refractivity contribution in [1.82, 2.24) is 4.90 Å². The Balaban J connectivity index is 1.85. The molecule has 2 rings (SSSR count). The molecule has 0 unspecified atom stereocenters. The lowest BCUT2D eigenvalue weighted by molar-refractivity contribution is -0.123. The molecule has 114 valence electrons. The van der Waals surface area contributed by atoms with E-state index in [0.717, 1.165) is 0 Å². The lowest BCUT2D eigenvalue weighted by atomic mass is 9.96. The third-order valence-electron chi connectivity index (χ3n) is 3.62. The van der Waals surface area contributed by atoms with E-state index >= 15 is 0 Å². The number of hydrogen-bond donors (Lipinski definition) is 3. The van der Waals surface area contributed by atoms with Gasteiger partial charge in [-0.3, -0.25) is 14.5 Å². The molecule has 5 N–H and O–H groups in total. The summed E-state index contributed by atoms with van der Waals surface area (Å²) in [7, 11) is 0. The van der Waals surface area contributed by atoms with Gasteiger partial charge in [-0.1, -0.05) is 11.6 Å². The first kappa shape index (κ1) is 15.6. The number of anilines is 2. The molecule has 7 heteroatoms. The average Bonchev–Trinajstić information content (AvgIpc) is 2.43. The van der Waals surface area contributed by atoms with E-state index in [1.54, 1.807) is 18.2 Å². The topological polar surface area (TPSA) is 101 Å². The number of amides is 2. The SMILES string of the molecule is NC(=O)C1CCN(CC(=O)Nc2cc(N)ccc2Cl)CC1. The van der Waals surface area contributed by atoms with E-state index in [-0.39, 0.29) is 24.3 Å². The van der Waals surface area contributed by atoms with E-state index < -0.39 is 0 Å². The molecule has 1 saturated heterocycles. The molecule has 0 spiro atoms. The molecule has 1 heterocycles. The fourth-order valence-corrected chi connectivity index (χ4v) is 2.57. The van der Waals surface area contributed by atoms with Crippen molar-refractivity contribution in [2.45, 2.75) is 12.8 Å². The zero-order valence-corrected chi connectivity index (χ0v) is 12.4. The average molecular weight is 311 g/mol. The van der Waals surface area contributed by atoms with Crippen molar-refractivity contribution in [3.05, 3.63) is 23.2 Å². The minimum Gasteiger partial charge on any atom is -0.399 e. The Morgan fingerprint density at radius 3 is 2.62 bits per heavy atom. The molecule has 21 heavy (non-hydrogen) atoms. The van der Waals surface area contributed by atoms with Crippen molar-refractivity contribution in [2.75, 3.05) is 30.7 Å². The monoisotopic (exact) mass is 310 g/mol. The van der Waals surface area contributed by atoms with Gasteiger partial charge in [-0.05, 0) is 44.1 Å². The smallest absolute Gasteiger partial charge is 0.238 e. The highest BCUT2D eigenvalue weighted by Gasteiger charge is 2.24. The Bertz CT molecular complexity index is 542. The lowest BCUT2D eigenvalue weighted by Crippen LogP contribution is -2.42. The van der Waals surface area contributed by atoms with Crippen LogP contribution in [0.1, 0.15) is 12.8 Å². The van der Waals surface area contributed by atoms with Gasteiger partial charge in [0.1, 0.15) is 0 Å². The summed E-state index contributed by atoms with van der Waals surface area (Å²) in [4.78, 5) is 25.1. The minimum absolute atomic E-state index is 0.0762. The maximum Gasteiger partial charge on any atom is 0.238 e. The number of nitrogens with two attached hydrogens (primary N) is 2. The van der Waals surface area contributed by atoms with Gasteiger partial charge in [-0.2, -0.15) is 0 Å². The van der Waals surface area contributed by atoms with Gasteiger partial charge in [0.25, 0.3) is 0 Å². The zero-order chi connectivity index (χ0) is 15.4. The molecule has 0 saturated carbocycles. The van der Waals surface area contributed by atoms with Crippen LogP contribution in [-0.4, -0.2) is 36.3 Å². The second kappa shape index (κ2) is 6.78. The Labute approximate surface area is 128 Å². The number of likely N-dealkylation sites (tertiary alicyclic amines) is 1. The van der Waals surface area contributed by atoms with Gasteiger partial charge in [-0.25, -0.2) is 0 Å². The molecule has 6 nitrogen and oxygen atoms in total. The fourth-order valence-electron chi connectivity index (χ4n) is 2.41. The number of primary amides is 1. The van der Waals surface area contributed by atoms with Crippen LogP contribution in [0.2, 0.25) is 5.02 Å². The van der Waals surface area contributed by atoms with Gasteiger partial charge < -0.3 is 16.8 Å². The van der Waals surface area contributed by atoms with E-state index in [2.05, 4.69) is 5.32 Å². The van der Waals surface area contributed by atoms with Crippen LogP contribution in [0.3, 0.4) is 0 Å². The highest BCUT2D eigenvalue weighted by molar-refractivity contribution is 6.33. The number of carbonyl (C=O) groups is 2. The van der Waals surface area contributed by atoms with Gasteiger partial charge in [0, 0.05) is 11.6 Å². The second-order valence-electron chi connectivity index (χ2n) is 5.24. The zero-order valence-electron chi connectivity index (χ0n) is 11.6. The normalized spacial score (nSPS) is 16.6. The van der Waals surface area contributed by atoms with Crippen molar-refractivity contribution in [3.8, 4) is 0 Å². The second-order valence-corrected chi connectivity index (χ2v) is 5.65. The number of halogens is 1. The summed E-state index contributed by atoms with van der Waals surface area (Å²) in [6.07, 6.45) is 1.39. The number of rotatable bonds is 4. The molecule has 0 atom stereocenters. The molecule has 1 fully saturated rings. The van der Waals surface area contributed by atoms with E-state index in [1.807, 2.05) is 4.90 Å². The van der Waals surface area contributed by atoms with Crippen molar-refractivity contribution in [3.63, 3.8) is 0 Å². The number of nitrogen functional groups attached to an aromatic ring is 1. The van der Waals surface area contributed by atoms with Crippen LogP contribution in [0.5, 0.6) is 0 Å². The molecule has 1 aliphatic rings. The lowest BCUT2D eigenvalue weighted by Gasteiger charge is -2.29. The fraction of sp³-hybridized carbons (Fsp3) is 0.429. The third kappa shape index (κ3) is 4.34. The largest absolute Gasteiger partial charge is 0.399 e. The highest BCUT2D eigenvalue weighted by Crippen LogP contribution is 2.24. The van der Waals surface area contributed by atoms with Gasteiger partial charge >= 0.3 is 0 Å². The minimum atomic E-state index is -0.259. The van der Waals surface area contributed by atoms with Gasteiger partial charge in [0.2, 0.25) is 11.8 Å². The number of carbonyl (C=O) groups excluding carboxylic acids is 2. The van der Waals surface area contributed by atoms with E-state index in [4.69, 9.17) is 23.1 Å². The summed E-state index contributed by atoms with van der Waals surface area (Å²) in [6.45, 7) is 1.63. The van der Waals surface area contributed by atoms with Crippen LogP contribution in [0.4, 0.5) is 11.4 Å². The summed E-state index contributed by atoms with van der Waals surface area (Å²) >= 11 is 6.00. The maximum absolute atomic E-state index is 12.0. The standard InChI is InChI=1S/C14H19ClN4O2/c15-11-2-1-10(16)7-12(11)18-13(20)8-19-5-3-9(4-6-19)14(17)21/h1-2,7,9H,3-6,8,16H2,(H2,17,21)(H,18,20). The van der Waals surface area contributed by atoms with Crippen molar-refractivity contribution in [1.29, 1.82) is 0 Å². The van der Waals surface area contributed by atoms with E-state index in [1.165, 1.54) is 0 Å². The Kier molecular flexibility index (Phi) is 5.03. The van der Waals surface area contributed by atoms with Crippen LogP contribution in [0.15, 0.2) is 18.2 Å². The van der Waals surface area contributed by atoms with Crippen LogP contribution in [0.25, 0.3) is 0 Å². The molecule has 0 radical (unpaired) electrons. The number of nitrogens with zero attached hydrogens (tertiary/aromatic N) is 1. The number of nitrogens with one attached hydrogen (secondary N) is 1. The molecule has 0 aromatic heterocycles. The van der Waals surface area contributed by atoms with Crippen molar-refractivity contribution < 1.29 is 9.59 Å². The molecule has 0 aliphatic carbocycles. The Hall–Kier alpha value is -1.79. The molecular weight excluding hydrogens is 292 g/mol. The predicted octanol–water partition coefficient (Wildman–Crippen LogP) is 1.06. The van der Waals surface area contributed by atoms with Gasteiger partial charge in [-0.15, -0.1) is 0 Å². The number of hydrogen-bond acceptors (Lipinski definition) is 4. The quantitative estimate of drug-likeness (QED) is 0.724. The number of piperidine rings is 1. The van der Waals surface area contributed by atoms with Crippen LogP contribution < -0.4 is 16.8 Å². The van der Waals surface area contributed by atoms with Gasteiger partial charge in [0.05, 0.1) is 17.3 Å². The Morgan fingerprint density at radius 2 is 2.00 bits per heavy atom. The Morgan fingerprint density at radius 1 is 1.33 bits per heavy atom. The summed E-state index contributed by atoms with van der Waals surface area (Å²) in [6, 6.07) is 4.94. The highest BCUT2D eigenvalue weighted by atomic mass is 35.5. The van der Waals surface area contributed by atoms with E-state index in [0.29, 0.717) is 42.3 Å². The molecule has 1 aliphatic heterocycles. The van der Waals surface area contributed by atoms with E-state index in [9.17, 15) is 9.59 Å². The van der Waals surface area contributed by atoms with Gasteiger partial charge in [0.15, 0.2) is 0 Å². The molecule has 1 aromatic carbocycles. The first-order valence-electron chi connectivity index (χ1n) is 6.82. The van der Waals surface area contributed by atoms with Crippen molar-refractivity contribution in [2.24, 2.45) is 11.7 Å². The molecule has 2 amide bonds. The summed E-state index contributed by atoms with van der Waals surface area (Å²) < 4.78 is 0. The predicted molar refractivity (Wildman–Crippen MR) is 82.9 cm³/mol. The number of benzene rings is 1. The molecule has 1 aromatic rings. The van der Waals surface area contributed by atoms with Crippen molar-refractivity contribution >= 4 is 34.8 Å². The third-order valence-corrected chi connectivity index (χ3v) is 3.95. The summed E-state index contributed by atoms with van der Waals surface area (Å²) in [5.74, 6) is -0.488. The summed E-state index contributed by atoms with van der Waals surface area (Å²) in [5, 5.41) is 3.20. The first-order chi connectivity index (χ1) is 9.95. The first-order valence-corrected chi connectivity index (χ1v) is 7.20. The summed E-state index contributed by atoms with van der Waals surface area (Å²) in [5.41, 5.74) is 12.0. The maximum atomic E-state index is 12.0. The van der Waals surface area contributed by atoms with Crippen LogP contribution in [0, 0.1) is 5.92 Å². The van der Waals surface area contributed by atoms with Crippen LogP contribution >= 0.6 is 11.6 Å².